The van der Waals surface area contributed by atoms with Crippen LogP contribution in [0.4, 0.5) is 0 Å². The third-order valence-corrected chi connectivity index (χ3v) is 15.1. The van der Waals surface area contributed by atoms with E-state index in [1.807, 2.05) is 6.92 Å². The topological polar surface area (TPSA) is 209 Å². The molecule has 0 radical (unpaired) electrons. The van der Waals surface area contributed by atoms with Gasteiger partial charge in [0, 0.05) is 34.5 Å². The molecule has 5 fully saturated rings. The Kier molecular flexibility index (Phi) is 8.54. The van der Waals surface area contributed by atoms with Crippen molar-refractivity contribution in [1.29, 1.82) is 0 Å². The molecule has 1 heterocycles. The molecule has 55 heavy (non-hydrogen) atoms. The van der Waals surface area contributed by atoms with Crippen molar-refractivity contribution in [2.24, 2.45) is 52.3 Å². The van der Waals surface area contributed by atoms with Crippen molar-refractivity contribution in [2.75, 3.05) is 34.0 Å². The fourth-order valence-corrected chi connectivity index (χ4v) is 12.5. The number of methoxy groups -OCH3 is 2. The van der Waals surface area contributed by atoms with Gasteiger partial charge in [0.15, 0.2) is 5.78 Å². The van der Waals surface area contributed by atoms with Crippen LogP contribution in [0.5, 0.6) is 0 Å². The van der Waals surface area contributed by atoms with E-state index in [4.69, 9.17) is 18.9 Å². The van der Waals surface area contributed by atoms with Gasteiger partial charge in [-0.25, -0.2) is 14.4 Å². The van der Waals surface area contributed by atoms with E-state index in [0.29, 0.717) is 24.0 Å². The molecule has 1 spiro atoms. The lowest BCUT2D eigenvalue weighted by atomic mass is 9.42. The molecule has 0 bridgehead atoms. The van der Waals surface area contributed by atoms with E-state index in [1.54, 1.807) is 6.92 Å². The van der Waals surface area contributed by atoms with Gasteiger partial charge in [0.1, 0.15) is 30.5 Å². The third-order valence-electron chi connectivity index (χ3n) is 15.1. The fourth-order valence-electron chi connectivity index (χ4n) is 12.5. The Balaban J connectivity index is 1.30. The van der Waals surface area contributed by atoms with E-state index in [1.165, 1.54) is 27.2 Å². The first-order chi connectivity index (χ1) is 26.0. The Morgan fingerprint density at radius 1 is 0.927 bits per heavy atom. The zero-order chi connectivity index (χ0) is 39.7. The second-order valence-electron chi connectivity index (χ2n) is 17.4. The highest BCUT2D eigenvalue weighted by Crippen LogP contribution is 2.83. The fraction of sp³-hybridized carbons (Fsp3) is 0.659. The number of allylic oxidation sites excluding steroid dienone is 1. The summed E-state index contributed by atoms with van der Waals surface area (Å²) in [5, 5.41) is 34.0. The number of hydrogen-bond donors (Lipinski definition) is 3. The summed E-state index contributed by atoms with van der Waals surface area (Å²) in [6, 6.07) is 0. The smallest absolute Gasteiger partial charge is 0.338 e. The molecule has 5 saturated carbocycles. The van der Waals surface area contributed by atoms with Gasteiger partial charge in [-0.05, 0) is 85.3 Å². The molecule has 12 atom stereocenters. The first-order valence-electron chi connectivity index (χ1n) is 19.1. The Hall–Kier alpha value is -4.14. The average molecular weight is 765 g/mol. The number of aliphatic hydroxyl groups excluding tert-OH is 2. The van der Waals surface area contributed by atoms with Crippen molar-refractivity contribution in [2.45, 2.75) is 83.5 Å². The lowest BCUT2D eigenvalue weighted by Crippen LogP contribution is -2.67. The van der Waals surface area contributed by atoms with Crippen LogP contribution in [-0.2, 0) is 52.5 Å². The first kappa shape index (κ1) is 37.8. The second kappa shape index (κ2) is 12.4. The van der Waals surface area contributed by atoms with Gasteiger partial charge >= 0.3 is 29.8 Å². The predicted molar refractivity (Wildman–Crippen MR) is 187 cm³/mol. The molecule has 0 aromatic rings. The zero-order valence-corrected chi connectivity index (χ0v) is 31.9. The maximum absolute atomic E-state index is 14.6. The molecule has 8 aliphatic rings. The van der Waals surface area contributed by atoms with Crippen molar-refractivity contribution in [3.63, 3.8) is 0 Å². The number of fused-ring (bicyclic) bond motifs is 7. The molecule has 0 aromatic heterocycles. The maximum Gasteiger partial charge on any atom is 0.338 e. The molecule has 14 heteroatoms. The SMILES string of the molecule is COC(=O)CCC(=O)OCC1=C2C[C@H]3[C@](O)(COC(=O)/C=C(\C)CO)[C@H]4C[C@H]4[C@]3(C)[C@@H]3CC4=C5[C@H](/C(=C(\C)C(=O)OC)C(=O)[C@H](O)[C@@]5(C)[C@@H]5C[C@H]45)[C@]23OC1=O. The first-order valence-corrected chi connectivity index (χ1v) is 19.1. The van der Waals surface area contributed by atoms with Crippen molar-refractivity contribution in [3.05, 3.63) is 45.1 Å². The maximum atomic E-state index is 14.6. The van der Waals surface area contributed by atoms with E-state index in [9.17, 15) is 44.1 Å². The van der Waals surface area contributed by atoms with Gasteiger partial charge in [-0.2, -0.15) is 0 Å². The molecule has 0 amide bonds. The lowest BCUT2D eigenvalue weighted by Gasteiger charge is -2.63. The molecule has 7 aliphatic carbocycles. The third kappa shape index (κ3) is 4.89. The summed E-state index contributed by atoms with van der Waals surface area (Å²) in [5.41, 5.74) is -2.00. The molecule has 3 N–H and O–H groups in total. The normalized spacial score (nSPS) is 42.2. The number of hydrogen-bond acceptors (Lipinski definition) is 14. The predicted octanol–water partition coefficient (Wildman–Crippen LogP) is 1.99. The molecule has 296 valence electrons. The Bertz CT molecular complexity index is 1970. The van der Waals surface area contributed by atoms with Crippen molar-refractivity contribution in [1.82, 2.24) is 0 Å². The summed E-state index contributed by atoms with van der Waals surface area (Å²) >= 11 is 0. The Labute approximate surface area is 317 Å². The minimum Gasteiger partial charge on any atom is -0.469 e. The number of carbonyl (C=O) groups excluding carboxylic acids is 6. The molecule has 0 unspecified atom stereocenters. The Morgan fingerprint density at radius 3 is 2.31 bits per heavy atom. The van der Waals surface area contributed by atoms with Crippen LogP contribution >= 0.6 is 0 Å². The van der Waals surface area contributed by atoms with Gasteiger partial charge in [0.05, 0.1) is 45.2 Å². The summed E-state index contributed by atoms with van der Waals surface area (Å²) in [4.78, 5) is 79.8. The van der Waals surface area contributed by atoms with Gasteiger partial charge in [-0.3, -0.25) is 14.4 Å². The molecule has 0 saturated heterocycles. The number of carbonyl (C=O) groups is 6. The van der Waals surface area contributed by atoms with Crippen LogP contribution in [0.15, 0.2) is 45.1 Å². The minimum atomic E-state index is -1.55. The average Bonchev–Trinajstić information content (AvgIpc) is 4.08. The number of aliphatic hydroxyl groups is 3. The van der Waals surface area contributed by atoms with E-state index >= 15 is 0 Å². The molecule has 8 rings (SSSR count). The van der Waals surface area contributed by atoms with E-state index < -0.39 is 88.1 Å². The number of Topliss-reactive ketones (excluding diaryl/α,β-unsaturated/α-hetero) is 1. The lowest BCUT2D eigenvalue weighted by molar-refractivity contribution is -0.191. The molecule has 1 aliphatic heterocycles. The summed E-state index contributed by atoms with van der Waals surface area (Å²) < 4.78 is 27.7. The summed E-state index contributed by atoms with van der Waals surface area (Å²) in [5.74, 6) is -6.56. The second-order valence-corrected chi connectivity index (χ2v) is 17.4. The number of rotatable bonds is 10. The molecule has 14 nitrogen and oxygen atoms in total. The summed E-state index contributed by atoms with van der Waals surface area (Å²) in [6.07, 6.45) is 1.12. The van der Waals surface area contributed by atoms with Crippen LogP contribution in [0, 0.1) is 52.3 Å². The van der Waals surface area contributed by atoms with Crippen molar-refractivity contribution < 1.29 is 67.8 Å². The molecular weight excluding hydrogens is 716 g/mol. The zero-order valence-electron chi connectivity index (χ0n) is 31.9. The van der Waals surface area contributed by atoms with Crippen LogP contribution in [0.2, 0.25) is 0 Å². The summed E-state index contributed by atoms with van der Waals surface area (Å²) in [6.45, 7) is 5.86. The number of ether oxygens (including phenoxy) is 5. The van der Waals surface area contributed by atoms with Gasteiger partial charge in [-0.15, -0.1) is 0 Å². The van der Waals surface area contributed by atoms with E-state index in [0.717, 1.165) is 17.6 Å². The van der Waals surface area contributed by atoms with Gasteiger partial charge in [0.2, 0.25) is 0 Å². The number of ketones is 1. The number of esters is 5. The minimum absolute atomic E-state index is 0.00298. The largest absolute Gasteiger partial charge is 0.469 e. The van der Waals surface area contributed by atoms with Crippen LogP contribution in [0.25, 0.3) is 0 Å². The van der Waals surface area contributed by atoms with Gasteiger partial charge in [-0.1, -0.05) is 19.4 Å². The highest BCUT2D eigenvalue weighted by molar-refractivity contribution is 6.09. The van der Waals surface area contributed by atoms with Gasteiger partial charge < -0.3 is 39.0 Å². The highest BCUT2D eigenvalue weighted by Gasteiger charge is 2.84. The van der Waals surface area contributed by atoms with Gasteiger partial charge in [0.25, 0.3) is 0 Å². The van der Waals surface area contributed by atoms with Crippen LogP contribution in [-0.4, -0.2) is 102 Å². The van der Waals surface area contributed by atoms with Crippen LogP contribution in [0.1, 0.15) is 66.2 Å². The standard InChI is InChI=1S/C41H48O14/c1-17(14-42)9-30(45)54-16-40(50)25-12-24(25)38(3)26(40)13-23-21(15-53-29(44)8-7-28(43)51-5)37(49)55-41(23)27(38)11-20-19-10-22(19)39(4)32(20)33(41)31(34(46)35(39)47)18(2)36(48)52-6/h9,19,22,24-27,33,35,42,47,50H,7-8,10-16H2,1-6H3/b17-9+,31-18-/t19-,22-,24-,25+,26-,27+,33+,35+,38+,39+,40+,41+/m1/s1. The summed E-state index contributed by atoms with van der Waals surface area (Å²) in [7, 11) is 2.41. The Morgan fingerprint density at radius 2 is 1.64 bits per heavy atom. The van der Waals surface area contributed by atoms with Crippen LogP contribution < -0.4 is 0 Å². The monoisotopic (exact) mass is 764 g/mol. The molecule has 0 aromatic carbocycles. The molecular formula is C41H48O14. The van der Waals surface area contributed by atoms with E-state index in [2.05, 4.69) is 11.7 Å². The highest BCUT2D eigenvalue weighted by atomic mass is 16.6. The van der Waals surface area contributed by atoms with Crippen molar-refractivity contribution in [3.8, 4) is 0 Å². The quantitative estimate of drug-likeness (QED) is 0.126. The van der Waals surface area contributed by atoms with Crippen LogP contribution in [0.3, 0.4) is 0 Å². The van der Waals surface area contributed by atoms with E-state index in [-0.39, 0.29) is 72.9 Å². The van der Waals surface area contributed by atoms with Crippen molar-refractivity contribution >= 4 is 35.6 Å².